The van der Waals surface area contributed by atoms with E-state index < -0.39 is 5.54 Å². The number of carbonyl (C=O) groups is 1. The minimum atomic E-state index is -0.699. The summed E-state index contributed by atoms with van der Waals surface area (Å²) in [6.07, 6.45) is 7.49. The normalized spacial score (nSPS) is 23.9. The van der Waals surface area contributed by atoms with Gasteiger partial charge in [-0.3, -0.25) is 4.79 Å². The number of halogens is 1. The molecule has 1 aliphatic heterocycles. The molecule has 1 heterocycles. The zero-order chi connectivity index (χ0) is 13.1. The fraction of sp³-hybridized carbons (Fsp3) is 0.929. The van der Waals surface area contributed by atoms with Gasteiger partial charge in [0.05, 0.1) is 5.54 Å². The highest BCUT2D eigenvalue weighted by molar-refractivity contribution is 5.86. The molecule has 0 bridgehead atoms. The van der Waals surface area contributed by atoms with E-state index >= 15 is 0 Å². The van der Waals surface area contributed by atoms with Gasteiger partial charge in [0.15, 0.2) is 0 Å². The first-order valence-electron chi connectivity index (χ1n) is 7.25. The van der Waals surface area contributed by atoms with E-state index in [0.29, 0.717) is 31.5 Å². The van der Waals surface area contributed by atoms with Crippen LogP contribution in [0.5, 0.6) is 0 Å². The van der Waals surface area contributed by atoms with Gasteiger partial charge in [-0.05, 0) is 37.5 Å². The molecule has 112 valence electrons. The Balaban J connectivity index is 0.00000180. The van der Waals surface area contributed by atoms with Crippen molar-refractivity contribution in [3.05, 3.63) is 0 Å². The molecule has 0 radical (unpaired) electrons. The lowest BCUT2D eigenvalue weighted by atomic mass is 9.66. The lowest BCUT2D eigenvalue weighted by Crippen LogP contribution is -2.58. The number of nitrogens with one attached hydrogen (secondary N) is 1. The van der Waals surface area contributed by atoms with Gasteiger partial charge < -0.3 is 15.8 Å². The Kier molecular flexibility index (Phi) is 6.09. The molecule has 1 saturated heterocycles. The van der Waals surface area contributed by atoms with Gasteiger partial charge in [-0.15, -0.1) is 12.4 Å². The van der Waals surface area contributed by atoms with Crippen LogP contribution in [0.3, 0.4) is 0 Å². The predicted molar refractivity (Wildman–Crippen MR) is 78.4 cm³/mol. The van der Waals surface area contributed by atoms with E-state index in [1.807, 2.05) is 0 Å². The van der Waals surface area contributed by atoms with Crippen molar-refractivity contribution in [3.63, 3.8) is 0 Å². The van der Waals surface area contributed by atoms with E-state index in [-0.39, 0.29) is 18.3 Å². The summed E-state index contributed by atoms with van der Waals surface area (Å²) in [4.78, 5) is 12.2. The quantitative estimate of drug-likeness (QED) is 0.814. The second-order valence-corrected chi connectivity index (χ2v) is 6.05. The third-order valence-corrected chi connectivity index (χ3v) is 4.66. The van der Waals surface area contributed by atoms with E-state index in [9.17, 15) is 4.79 Å². The van der Waals surface area contributed by atoms with Crippen molar-refractivity contribution in [2.45, 2.75) is 57.4 Å². The van der Waals surface area contributed by atoms with Gasteiger partial charge in [0.2, 0.25) is 5.91 Å². The molecule has 0 unspecified atom stereocenters. The maximum atomic E-state index is 12.2. The van der Waals surface area contributed by atoms with Crippen molar-refractivity contribution in [1.82, 2.24) is 5.32 Å². The molecule has 0 spiro atoms. The van der Waals surface area contributed by atoms with Crippen LogP contribution in [-0.4, -0.2) is 31.2 Å². The molecule has 2 aliphatic rings. The van der Waals surface area contributed by atoms with Crippen LogP contribution in [-0.2, 0) is 9.53 Å². The Bertz CT molecular complexity index is 300. The van der Waals surface area contributed by atoms with Crippen molar-refractivity contribution < 1.29 is 9.53 Å². The van der Waals surface area contributed by atoms with Crippen LogP contribution >= 0.6 is 12.4 Å². The number of hydrogen-bond donors (Lipinski definition) is 2. The van der Waals surface area contributed by atoms with Gasteiger partial charge in [0.25, 0.3) is 0 Å². The fourth-order valence-electron chi connectivity index (χ4n) is 3.13. The lowest BCUT2D eigenvalue weighted by molar-refractivity contribution is -0.130. The molecule has 5 heteroatoms. The molecule has 1 saturated carbocycles. The highest BCUT2D eigenvalue weighted by atomic mass is 35.5. The van der Waals surface area contributed by atoms with E-state index in [1.54, 1.807) is 0 Å². The third kappa shape index (κ3) is 3.83. The summed E-state index contributed by atoms with van der Waals surface area (Å²) in [5.74, 6) is 0.0215. The van der Waals surface area contributed by atoms with Gasteiger partial charge in [0.1, 0.15) is 0 Å². The molecule has 0 aromatic carbocycles. The molecule has 2 fully saturated rings. The number of nitrogens with two attached hydrogens (primary N) is 1. The molecule has 19 heavy (non-hydrogen) atoms. The minimum Gasteiger partial charge on any atom is -0.381 e. The van der Waals surface area contributed by atoms with Gasteiger partial charge in [-0.2, -0.15) is 0 Å². The second kappa shape index (κ2) is 6.91. The van der Waals surface area contributed by atoms with Crippen molar-refractivity contribution in [3.8, 4) is 0 Å². The average molecular weight is 291 g/mol. The Labute approximate surface area is 122 Å². The number of carbonyl (C=O) groups excluding carboxylic acids is 1. The van der Waals surface area contributed by atoms with Gasteiger partial charge in [-0.25, -0.2) is 0 Å². The monoisotopic (exact) mass is 290 g/mol. The van der Waals surface area contributed by atoms with Crippen LogP contribution in [0.15, 0.2) is 0 Å². The number of hydrogen-bond acceptors (Lipinski definition) is 3. The number of rotatable bonds is 5. The first-order valence-corrected chi connectivity index (χ1v) is 7.25. The molecule has 1 aliphatic carbocycles. The maximum Gasteiger partial charge on any atom is 0.240 e. The van der Waals surface area contributed by atoms with Crippen LogP contribution in [0.25, 0.3) is 0 Å². The molecular weight excluding hydrogens is 264 g/mol. The highest BCUT2D eigenvalue weighted by Gasteiger charge is 2.40. The molecule has 0 aromatic rings. The molecule has 0 aromatic heterocycles. The van der Waals surface area contributed by atoms with Crippen LogP contribution < -0.4 is 11.1 Å². The van der Waals surface area contributed by atoms with Crippen molar-refractivity contribution in [1.29, 1.82) is 0 Å². The summed E-state index contributed by atoms with van der Waals surface area (Å²) in [5.41, 5.74) is 5.84. The predicted octanol–water partition coefficient (Wildman–Crippen LogP) is 2.00. The first kappa shape index (κ1) is 16.7. The third-order valence-electron chi connectivity index (χ3n) is 4.66. The van der Waals surface area contributed by atoms with Gasteiger partial charge in [-0.1, -0.05) is 19.8 Å². The molecule has 3 N–H and O–H groups in total. The zero-order valence-corrected chi connectivity index (χ0v) is 12.7. The highest BCUT2D eigenvalue weighted by Crippen LogP contribution is 2.44. The average Bonchev–Trinajstić information content (AvgIpc) is 2.33. The van der Waals surface area contributed by atoms with Crippen LogP contribution in [0.2, 0.25) is 0 Å². The van der Waals surface area contributed by atoms with E-state index in [2.05, 4.69) is 12.2 Å². The Morgan fingerprint density at radius 2 is 1.89 bits per heavy atom. The van der Waals surface area contributed by atoms with Crippen molar-refractivity contribution in [2.24, 2.45) is 11.1 Å². The lowest BCUT2D eigenvalue weighted by Gasteiger charge is -2.43. The second-order valence-electron chi connectivity index (χ2n) is 6.05. The van der Waals surface area contributed by atoms with Crippen LogP contribution in [0.1, 0.15) is 51.9 Å². The zero-order valence-electron chi connectivity index (χ0n) is 11.9. The van der Waals surface area contributed by atoms with Crippen LogP contribution in [0.4, 0.5) is 0 Å². The largest absolute Gasteiger partial charge is 0.381 e. The van der Waals surface area contributed by atoms with Crippen LogP contribution in [0, 0.1) is 5.41 Å². The fourth-order valence-corrected chi connectivity index (χ4v) is 3.13. The van der Waals surface area contributed by atoms with Crippen molar-refractivity contribution in [2.75, 3.05) is 19.8 Å². The summed E-state index contributed by atoms with van der Waals surface area (Å²) >= 11 is 0. The van der Waals surface area contributed by atoms with E-state index in [4.69, 9.17) is 10.5 Å². The Morgan fingerprint density at radius 1 is 1.26 bits per heavy atom. The number of ether oxygens (including phenoxy) is 1. The molecule has 1 amide bonds. The molecule has 0 atom stereocenters. The summed E-state index contributed by atoms with van der Waals surface area (Å²) in [6, 6.07) is 0. The smallest absolute Gasteiger partial charge is 0.240 e. The molecule has 4 nitrogen and oxygen atoms in total. The van der Waals surface area contributed by atoms with Crippen molar-refractivity contribution >= 4 is 18.3 Å². The molecule has 2 rings (SSSR count). The minimum absolute atomic E-state index is 0. The van der Waals surface area contributed by atoms with E-state index in [1.165, 1.54) is 32.1 Å². The Hall–Kier alpha value is -0.320. The SMILES string of the molecule is CCCC1(CNC(=O)C2(N)CCOCC2)CCC1.Cl. The Morgan fingerprint density at radius 3 is 2.37 bits per heavy atom. The summed E-state index contributed by atoms with van der Waals surface area (Å²) in [6.45, 7) is 4.22. The summed E-state index contributed by atoms with van der Waals surface area (Å²) in [5, 5.41) is 3.10. The standard InChI is InChI=1S/C14H26N2O2.ClH/c1-2-4-13(5-3-6-13)11-16-12(17)14(15)7-9-18-10-8-14;/h2-11,15H2,1H3,(H,16,17);1H. The van der Waals surface area contributed by atoms with Gasteiger partial charge in [0, 0.05) is 19.8 Å². The van der Waals surface area contributed by atoms with E-state index in [0.717, 1.165) is 6.54 Å². The summed E-state index contributed by atoms with van der Waals surface area (Å²) in [7, 11) is 0. The summed E-state index contributed by atoms with van der Waals surface area (Å²) < 4.78 is 5.27. The topological polar surface area (TPSA) is 64.4 Å². The molecular formula is C14H27ClN2O2. The maximum absolute atomic E-state index is 12.2. The number of amides is 1. The first-order chi connectivity index (χ1) is 8.60. The van der Waals surface area contributed by atoms with Gasteiger partial charge >= 0.3 is 0 Å².